The minimum atomic E-state index is -0.976. The summed E-state index contributed by atoms with van der Waals surface area (Å²) in [7, 11) is 1.14. The Morgan fingerprint density at radius 1 is 1.12 bits per heavy atom. The summed E-state index contributed by atoms with van der Waals surface area (Å²) < 4.78 is 42.7. The maximum atomic E-state index is 14.1. The van der Waals surface area contributed by atoms with Gasteiger partial charge in [-0.2, -0.15) is 0 Å². The Morgan fingerprint density at radius 2 is 1.88 bits per heavy atom. The van der Waals surface area contributed by atoms with Crippen molar-refractivity contribution in [2.75, 3.05) is 7.11 Å². The van der Waals surface area contributed by atoms with Gasteiger partial charge in [-0.05, 0) is 48.7 Å². The summed E-state index contributed by atoms with van der Waals surface area (Å²) in [4.78, 5) is 11.2. The third-order valence-corrected chi connectivity index (χ3v) is 3.58. The molecule has 0 N–H and O–H groups in total. The number of halogens is 2. The molecule has 4 nitrogen and oxygen atoms in total. The Balaban J connectivity index is 2.23. The summed E-state index contributed by atoms with van der Waals surface area (Å²) in [5.41, 5.74) is 1.76. The van der Waals surface area contributed by atoms with Crippen molar-refractivity contribution in [3.05, 3.63) is 58.7 Å². The zero-order valence-electron chi connectivity index (χ0n) is 13.7. The molecule has 2 aromatic carbocycles. The first-order valence-corrected chi connectivity index (χ1v) is 7.41. The second kappa shape index (κ2) is 7.77. The van der Waals surface area contributed by atoms with Crippen LogP contribution in [0.2, 0.25) is 0 Å². The van der Waals surface area contributed by atoms with Gasteiger partial charge in [-0.1, -0.05) is 13.0 Å². The maximum absolute atomic E-state index is 14.1. The Kier molecular flexibility index (Phi) is 5.73. The van der Waals surface area contributed by atoms with Gasteiger partial charge in [0.2, 0.25) is 0 Å². The zero-order valence-corrected chi connectivity index (χ0v) is 13.7. The van der Waals surface area contributed by atoms with Gasteiger partial charge in [0.1, 0.15) is 18.2 Å². The highest BCUT2D eigenvalue weighted by molar-refractivity contribution is 5.64. The smallest absolute Gasteiger partial charge is 0.486 e. The Labute approximate surface area is 139 Å². The second-order valence-corrected chi connectivity index (χ2v) is 5.12. The van der Waals surface area contributed by atoms with E-state index in [0.29, 0.717) is 6.42 Å². The van der Waals surface area contributed by atoms with E-state index >= 15 is 0 Å². The van der Waals surface area contributed by atoms with Gasteiger partial charge in [-0.3, -0.25) is 0 Å². The van der Waals surface area contributed by atoms with Gasteiger partial charge in [0.25, 0.3) is 0 Å². The topological polar surface area (TPSA) is 44.8 Å². The molecule has 0 amide bonds. The molecule has 0 heterocycles. The van der Waals surface area contributed by atoms with Crippen LogP contribution in [0.5, 0.6) is 11.5 Å². The molecule has 0 saturated carbocycles. The zero-order chi connectivity index (χ0) is 17.7. The van der Waals surface area contributed by atoms with Crippen molar-refractivity contribution in [2.24, 2.45) is 0 Å². The molecule has 0 aliphatic carbocycles. The summed E-state index contributed by atoms with van der Waals surface area (Å²) in [5.74, 6) is -1.18. The summed E-state index contributed by atoms with van der Waals surface area (Å²) in [5, 5.41) is 0. The van der Waals surface area contributed by atoms with E-state index < -0.39 is 17.8 Å². The summed E-state index contributed by atoms with van der Waals surface area (Å²) >= 11 is 0. The van der Waals surface area contributed by atoms with Crippen LogP contribution < -0.4 is 9.47 Å². The fraction of sp³-hybridized carbons (Fsp3) is 0.278. The van der Waals surface area contributed by atoms with Crippen molar-refractivity contribution in [2.45, 2.75) is 26.9 Å². The van der Waals surface area contributed by atoms with Crippen molar-refractivity contribution in [3.63, 3.8) is 0 Å². The van der Waals surface area contributed by atoms with Crippen LogP contribution in [0, 0.1) is 18.6 Å². The maximum Gasteiger partial charge on any atom is 0.513 e. The van der Waals surface area contributed by atoms with Gasteiger partial charge in [0, 0.05) is 0 Å². The van der Waals surface area contributed by atoms with Crippen LogP contribution in [-0.2, 0) is 17.8 Å². The first-order valence-electron chi connectivity index (χ1n) is 7.41. The minimum Gasteiger partial charge on any atom is -0.486 e. The lowest BCUT2D eigenvalue weighted by molar-refractivity contribution is 0.120. The monoisotopic (exact) mass is 336 g/mol. The van der Waals surface area contributed by atoms with Gasteiger partial charge >= 0.3 is 6.16 Å². The molecule has 6 heteroatoms. The third kappa shape index (κ3) is 4.01. The minimum absolute atomic E-state index is 0.000443. The lowest BCUT2D eigenvalue weighted by atomic mass is 10.1. The van der Waals surface area contributed by atoms with Crippen LogP contribution >= 0.6 is 0 Å². The van der Waals surface area contributed by atoms with Crippen LogP contribution in [0.25, 0.3) is 0 Å². The number of carbonyl (C=O) groups excluding carboxylic acids is 1. The molecule has 0 aliphatic rings. The second-order valence-electron chi connectivity index (χ2n) is 5.12. The highest BCUT2D eigenvalue weighted by Crippen LogP contribution is 2.27. The predicted octanol–water partition coefficient (Wildman–Crippen LogP) is 4.56. The largest absolute Gasteiger partial charge is 0.513 e. The van der Waals surface area contributed by atoms with E-state index in [1.807, 2.05) is 13.8 Å². The van der Waals surface area contributed by atoms with E-state index in [2.05, 4.69) is 4.74 Å². The fourth-order valence-corrected chi connectivity index (χ4v) is 2.24. The number of rotatable bonds is 5. The quantitative estimate of drug-likeness (QED) is 0.593. The molecule has 0 aliphatic heterocycles. The average Bonchev–Trinajstić information content (AvgIpc) is 2.56. The van der Waals surface area contributed by atoms with Gasteiger partial charge in [0.15, 0.2) is 11.6 Å². The highest BCUT2D eigenvalue weighted by atomic mass is 19.1. The SMILES string of the molecule is CCc1cc(F)c(OCc2c(F)cccc2OC(=O)OC)cc1C. The first kappa shape index (κ1) is 17.7. The molecule has 0 saturated heterocycles. The summed E-state index contributed by atoms with van der Waals surface area (Å²) in [6.45, 7) is 3.49. The van der Waals surface area contributed by atoms with E-state index in [1.54, 1.807) is 6.07 Å². The molecule has 0 aromatic heterocycles. The van der Waals surface area contributed by atoms with Crippen LogP contribution in [0.1, 0.15) is 23.6 Å². The number of hydrogen-bond acceptors (Lipinski definition) is 4. The van der Waals surface area contributed by atoms with Crippen LogP contribution in [0.3, 0.4) is 0 Å². The molecule has 128 valence electrons. The molecule has 0 bridgehead atoms. The molecular formula is C18H18F2O4. The Bertz CT molecular complexity index is 744. The van der Waals surface area contributed by atoms with Gasteiger partial charge in [0.05, 0.1) is 12.7 Å². The normalized spacial score (nSPS) is 10.4. The van der Waals surface area contributed by atoms with E-state index in [-0.39, 0.29) is 23.7 Å². The Hall–Kier alpha value is -2.63. The molecule has 0 atom stereocenters. The number of carbonyl (C=O) groups is 1. The predicted molar refractivity (Wildman–Crippen MR) is 84.3 cm³/mol. The molecule has 2 rings (SSSR count). The first-order chi connectivity index (χ1) is 11.5. The molecule has 24 heavy (non-hydrogen) atoms. The average molecular weight is 336 g/mol. The highest BCUT2D eigenvalue weighted by Gasteiger charge is 2.16. The molecule has 0 unspecified atom stereocenters. The van der Waals surface area contributed by atoms with Crippen molar-refractivity contribution in [1.29, 1.82) is 0 Å². The van der Waals surface area contributed by atoms with Gasteiger partial charge in [-0.15, -0.1) is 0 Å². The molecule has 0 fully saturated rings. The molecule has 0 spiro atoms. The van der Waals surface area contributed by atoms with Crippen molar-refractivity contribution in [3.8, 4) is 11.5 Å². The van der Waals surface area contributed by atoms with Crippen LogP contribution in [0.15, 0.2) is 30.3 Å². The number of methoxy groups -OCH3 is 1. The molecule has 0 radical (unpaired) electrons. The molecule has 2 aromatic rings. The fourth-order valence-electron chi connectivity index (χ4n) is 2.24. The number of benzene rings is 2. The Morgan fingerprint density at radius 3 is 2.54 bits per heavy atom. The van der Waals surface area contributed by atoms with Crippen LogP contribution in [-0.4, -0.2) is 13.3 Å². The van der Waals surface area contributed by atoms with Crippen LogP contribution in [0.4, 0.5) is 13.6 Å². The van der Waals surface area contributed by atoms with E-state index in [1.165, 1.54) is 24.3 Å². The number of ether oxygens (including phenoxy) is 3. The van der Waals surface area contributed by atoms with Crippen molar-refractivity contribution < 1.29 is 27.8 Å². The lowest BCUT2D eigenvalue weighted by Crippen LogP contribution is -2.11. The third-order valence-electron chi connectivity index (χ3n) is 3.58. The lowest BCUT2D eigenvalue weighted by Gasteiger charge is -2.13. The van der Waals surface area contributed by atoms with Crippen molar-refractivity contribution >= 4 is 6.16 Å². The van der Waals surface area contributed by atoms with Crippen molar-refractivity contribution in [1.82, 2.24) is 0 Å². The van der Waals surface area contributed by atoms with E-state index in [9.17, 15) is 13.6 Å². The van der Waals surface area contributed by atoms with E-state index in [0.717, 1.165) is 18.2 Å². The van der Waals surface area contributed by atoms with Gasteiger partial charge < -0.3 is 14.2 Å². The summed E-state index contributed by atoms with van der Waals surface area (Å²) in [6.07, 6.45) is -0.274. The van der Waals surface area contributed by atoms with E-state index in [4.69, 9.17) is 9.47 Å². The number of aryl methyl sites for hydroxylation is 2. The standard InChI is InChI=1S/C18H18F2O4/c1-4-12-9-15(20)17(8-11(12)2)23-10-13-14(19)6-5-7-16(13)24-18(21)22-3/h5-9H,4,10H2,1-3H3. The summed E-state index contributed by atoms with van der Waals surface area (Å²) in [6, 6.07) is 6.96. The molecular weight excluding hydrogens is 318 g/mol. The van der Waals surface area contributed by atoms with Gasteiger partial charge in [-0.25, -0.2) is 13.6 Å². The number of hydrogen-bond donors (Lipinski definition) is 0.